The number of halogens is 3. The lowest BCUT2D eigenvalue weighted by Crippen LogP contribution is -2.04. The summed E-state index contributed by atoms with van der Waals surface area (Å²) in [5, 5.41) is 2.10. The van der Waals surface area contributed by atoms with E-state index in [0.29, 0.717) is 23.0 Å². The summed E-state index contributed by atoms with van der Waals surface area (Å²) in [6, 6.07) is 57.4. The van der Waals surface area contributed by atoms with Gasteiger partial charge in [-0.15, -0.1) is 0 Å². The molecule has 0 aliphatic heterocycles. The number of nitrogens with zero attached hydrogens (tertiary/aromatic N) is 4. The fourth-order valence-electron chi connectivity index (χ4n) is 8.80. The van der Waals surface area contributed by atoms with Gasteiger partial charge in [-0.2, -0.15) is 13.2 Å². The van der Waals surface area contributed by atoms with Crippen molar-refractivity contribution in [2.75, 3.05) is 0 Å². The van der Waals surface area contributed by atoms with Crippen LogP contribution in [0.5, 0.6) is 0 Å². The molecule has 0 saturated carbocycles. The van der Waals surface area contributed by atoms with Gasteiger partial charge in [0.15, 0.2) is 17.5 Å². The minimum absolute atomic E-state index is 0.470. The molecule has 0 aliphatic rings. The third-order valence-electron chi connectivity index (χ3n) is 11.6. The van der Waals surface area contributed by atoms with Crippen molar-refractivity contribution in [3.05, 3.63) is 204 Å². The summed E-state index contributed by atoms with van der Waals surface area (Å²) < 4.78 is 43.9. The molecule has 10 rings (SSSR count). The summed E-state index contributed by atoms with van der Waals surface area (Å²) in [5.41, 5.74) is 15.0. The van der Waals surface area contributed by atoms with Crippen LogP contribution in [0.2, 0.25) is 0 Å². The summed E-state index contributed by atoms with van der Waals surface area (Å²) in [4.78, 5) is 15.0. The van der Waals surface area contributed by atoms with Crippen molar-refractivity contribution >= 4 is 21.8 Å². The van der Waals surface area contributed by atoms with Crippen LogP contribution in [0, 0.1) is 27.7 Å². The molecule has 0 aliphatic carbocycles. The highest BCUT2D eigenvalue weighted by atomic mass is 19.4. The summed E-state index contributed by atoms with van der Waals surface area (Å²) >= 11 is 0. The molecule has 306 valence electrons. The van der Waals surface area contributed by atoms with E-state index in [0.717, 1.165) is 84.1 Å². The highest BCUT2D eigenvalue weighted by Crippen LogP contribution is 2.42. The third-order valence-corrected chi connectivity index (χ3v) is 11.6. The van der Waals surface area contributed by atoms with Crippen LogP contribution in [0.3, 0.4) is 0 Å². The van der Waals surface area contributed by atoms with Gasteiger partial charge in [-0.3, -0.25) is 0 Å². The first-order valence-corrected chi connectivity index (χ1v) is 20.9. The maximum atomic E-state index is 13.9. The summed E-state index contributed by atoms with van der Waals surface area (Å²) in [7, 11) is 0. The molecule has 0 saturated heterocycles. The fraction of sp³-hybridized carbons (Fsp3) is 0.0893. The van der Waals surface area contributed by atoms with Crippen LogP contribution in [0.15, 0.2) is 176 Å². The van der Waals surface area contributed by atoms with Gasteiger partial charge >= 0.3 is 6.18 Å². The smallest absolute Gasteiger partial charge is 0.309 e. The normalized spacial score (nSPS) is 11.7. The average molecular weight is 827 g/mol. The van der Waals surface area contributed by atoms with Gasteiger partial charge in [0.2, 0.25) is 0 Å². The SMILES string of the molecule is Cc1cc(C)cc(-c2ccc3c(c2)c2cc(-c4cc(C)cc(C)c4)ccc2n3-c2cc(-c3nc(-c4ccccc4)nc(-c4ccccc4)n3)ccc2-c2ccc(C(F)(F)F)cc2)c1. The van der Waals surface area contributed by atoms with E-state index in [-0.39, 0.29) is 0 Å². The van der Waals surface area contributed by atoms with E-state index in [2.05, 4.69) is 111 Å². The van der Waals surface area contributed by atoms with Crippen LogP contribution < -0.4 is 0 Å². The van der Waals surface area contributed by atoms with Crippen LogP contribution in [0.25, 0.3) is 95.0 Å². The second-order valence-electron chi connectivity index (χ2n) is 16.4. The molecule has 0 spiro atoms. The van der Waals surface area contributed by atoms with Gasteiger partial charge in [0.25, 0.3) is 0 Å². The highest BCUT2D eigenvalue weighted by Gasteiger charge is 2.30. The van der Waals surface area contributed by atoms with Gasteiger partial charge < -0.3 is 4.57 Å². The molecule has 0 bridgehead atoms. The van der Waals surface area contributed by atoms with Crippen molar-refractivity contribution in [1.82, 2.24) is 19.5 Å². The molecule has 0 amide bonds. The van der Waals surface area contributed by atoms with Gasteiger partial charge in [-0.05, 0) is 98.0 Å². The summed E-state index contributed by atoms with van der Waals surface area (Å²) in [6.45, 7) is 8.46. The van der Waals surface area contributed by atoms with E-state index in [1.165, 1.54) is 22.3 Å². The summed E-state index contributed by atoms with van der Waals surface area (Å²) in [6.07, 6.45) is -4.47. The molecule has 0 unspecified atom stereocenters. The van der Waals surface area contributed by atoms with Crippen molar-refractivity contribution in [3.8, 4) is 73.2 Å². The number of alkyl halides is 3. The lowest BCUT2D eigenvalue weighted by Gasteiger charge is -2.17. The lowest BCUT2D eigenvalue weighted by atomic mass is 9.97. The number of fused-ring (bicyclic) bond motifs is 3. The lowest BCUT2D eigenvalue weighted by molar-refractivity contribution is -0.137. The zero-order valence-corrected chi connectivity index (χ0v) is 35.2. The van der Waals surface area contributed by atoms with Gasteiger partial charge in [0.1, 0.15) is 0 Å². The number of aromatic nitrogens is 4. The predicted octanol–water partition coefficient (Wildman–Crippen LogP) is 15.2. The average Bonchev–Trinajstić information content (AvgIpc) is 3.61. The Morgan fingerprint density at radius 3 is 1.22 bits per heavy atom. The van der Waals surface area contributed by atoms with E-state index in [9.17, 15) is 13.2 Å². The molecule has 0 fully saturated rings. The Labute approximate surface area is 364 Å². The van der Waals surface area contributed by atoms with Crippen molar-refractivity contribution in [3.63, 3.8) is 0 Å². The first-order chi connectivity index (χ1) is 30.4. The highest BCUT2D eigenvalue weighted by molar-refractivity contribution is 6.12. The maximum Gasteiger partial charge on any atom is 0.416 e. The quantitative estimate of drug-likeness (QED) is 0.161. The zero-order chi connectivity index (χ0) is 43.4. The zero-order valence-electron chi connectivity index (χ0n) is 35.2. The second kappa shape index (κ2) is 15.7. The molecule has 2 aromatic heterocycles. The van der Waals surface area contributed by atoms with Gasteiger partial charge in [0, 0.05) is 33.0 Å². The van der Waals surface area contributed by atoms with Crippen LogP contribution in [0.1, 0.15) is 27.8 Å². The molecule has 0 N–H and O–H groups in total. The van der Waals surface area contributed by atoms with E-state index in [1.807, 2.05) is 72.8 Å². The molecule has 63 heavy (non-hydrogen) atoms. The Kier molecular flexibility index (Phi) is 9.83. The van der Waals surface area contributed by atoms with E-state index < -0.39 is 11.7 Å². The number of hydrogen-bond donors (Lipinski definition) is 0. The van der Waals surface area contributed by atoms with Crippen molar-refractivity contribution < 1.29 is 13.2 Å². The molecular weight excluding hydrogens is 786 g/mol. The minimum Gasteiger partial charge on any atom is -0.309 e. The Hall–Kier alpha value is -7.64. The van der Waals surface area contributed by atoms with E-state index >= 15 is 0 Å². The molecule has 10 aromatic rings. The fourth-order valence-corrected chi connectivity index (χ4v) is 8.80. The van der Waals surface area contributed by atoms with Crippen molar-refractivity contribution in [2.45, 2.75) is 33.9 Å². The van der Waals surface area contributed by atoms with Crippen molar-refractivity contribution in [1.29, 1.82) is 0 Å². The van der Waals surface area contributed by atoms with E-state index in [1.54, 1.807) is 12.1 Å². The second-order valence-corrected chi connectivity index (χ2v) is 16.4. The van der Waals surface area contributed by atoms with Crippen LogP contribution in [0.4, 0.5) is 13.2 Å². The van der Waals surface area contributed by atoms with Crippen LogP contribution >= 0.6 is 0 Å². The number of aryl methyl sites for hydroxylation is 4. The monoisotopic (exact) mass is 826 g/mol. The van der Waals surface area contributed by atoms with Crippen molar-refractivity contribution in [2.24, 2.45) is 0 Å². The molecule has 4 nitrogen and oxygen atoms in total. The first kappa shape index (κ1) is 39.5. The van der Waals surface area contributed by atoms with Gasteiger partial charge in [-0.1, -0.05) is 156 Å². The van der Waals surface area contributed by atoms with E-state index in [4.69, 9.17) is 15.0 Å². The first-order valence-electron chi connectivity index (χ1n) is 20.9. The van der Waals surface area contributed by atoms with Crippen LogP contribution in [-0.4, -0.2) is 19.5 Å². The predicted molar refractivity (Wildman–Crippen MR) is 251 cm³/mol. The molecule has 8 aromatic carbocycles. The molecule has 2 heterocycles. The number of hydrogen-bond acceptors (Lipinski definition) is 3. The summed E-state index contributed by atoms with van der Waals surface area (Å²) in [5.74, 6) is 1.53. The Balaban J connectivity index is 1.26. The minimum atomic E-state index is -4.47. The Bertz CT molecular complexity index is 3140. The standard InChI is InChI=1S/C56H41F3N4/c1-34-25-35(2)28-44(27-34)41-18-23-50-48(31-41)49-32-42(45-29-36(3)26-37(4)30-45)19-24-51(49)63(50)52-33-43(17-22-47(52)38-15-20-46(21-16-38)56(57,58)59)55-61-53(39-11-7-5-8-12-39)60-54(62-55)40-13-9-6-10-14-40/h5-33H,1-4H3. The largest absolute Gasteiger partial charge is 0.416 e. The van der Waals surface area contributed by atoms with Crippen LogP contribution in [-0.2, 0) is 6.18 Å². The number of benzene rings is 8. The molecule has 0 radical (unpaired) electrons. The molecule has 7 heteroatoms. The van der Waals surface area contributed by atoms with Gasteiger partial charge in [-0.25, -0.2) is 15.0 Å². The Morgan fingerprint density at radius 2 is 0.778 bits per heavy atom. The maximum absolute atomic E-state index is 13.9. The topological polar surface area (TPSA) is 43.6 Å². The third kappa shape index (κ3) is 7.67. The Morgan fingerprint density at radius 1 is 0.365 bits per heavy atom. The molecule has 0 atom stereocenters. The number of rotatable bonds is 7. The molecular formula is C56H41F3N4. The van der Waals surface area contributed by atoms with Gasteiger partial charge in [0.05, 0.1) is 22.3 Å².